The number of halogens is 1. The van der Waals surface area contributed by atoms with Crippen molar-refractivity contribution in [3.8, 4) is 11.5 Å². The molecular formula is C25H27BrN2O5S. The molecule has 1 fully saturated rings. The number of carbonyl (C=O) groups is 2. The van der Waals surface area contributed by atoms with Crippen LogP contribution in [0.2, 0.25) is 0 Å². The number of aliphatic imine (C=N–C) groups is 1. The molecule has 180 valence electrons. The Morgan fingerprint density at radius 3 is 2.56 bits per heavy atom. The van der Waals surface area contributed by atoms with Gasteiger partial charge in [0.1, 0.15) is 0 Å². The highest BCUT2D eigenvalue weighted by molar-refractivity contribution is 9.10. The average molecular weight is 547 g/mol. The molecule has 1 heterocycles. The molecule has 7 nitrogen and oxygen atoms in total. The van der Waals surface area contributed by atoms with Gasteiger partial charge in [-0.15, -0.1) is 0 Å². The van der Waals surface area contributed by atoms with Gasteiger partial charge in [-0.3, -0.25) is 9.69 Å². The zero-order chi connectivity index (χ0) is 24.8. The van der Waals surface area contributed by atoms with E-state index in [-0.39, 0.29) is 11.9 Å². The first kappa shape index (κ1) is 25.8. The molecule has 0 aromatic heterocycles. The van der Waals surface area contributed by atoms with Gasteiger partial charge in [0.05, 0.1) is 21.7 Å². The summed E-state index contributed by atoms with van der Waals surface area (Å²) in [5, 5.41) is 9.59. The van der Waals surface area contributed by atoms with Gasteiger partial charge in [0, 0.05) is 6.04 Å². The van der Waals surface area contributed by atoms with Crippen LogP contribution < -0.4 is 9.47 Å². The minimum absolute atomic E-state index is 0.00684. The Bertz CT molecular complexity index is 1130. The summed E-state index contributed by atoms with van der Waals surface area (Å²) < 4.78 is 11.6. The smallest absolute Gasteiger partial charge is 0.341 e. The Kier molecular flexibility index (Phi) is 8.79. The Labute approximate surface area is 212 Å². The Hall–Kier alpha value is -2.78. The fourth-order valence-corrected chi connectivity index (χ4v) is 4.89. The number of benzene rings is 2. The number of thioether (sulfide) groups is 1. The molecule has 0 bridgehead atoms. The van der Waals surface area contributed by atoms with Crippen molar-refractivity contribution in [2.45, 2.75) is 40.2 Å². The van der Waals surface area contributed by atoms with E-state index in [1.807, 2.05) is 52.0 Å². The molecule has 1 aliphatic rings. The fourth-order valence-electron chi connectivity index (χ4n) is 3.23. The standard InChI is InChI=1S/C25H27BrN2O5S/c1-5-16(4)28-24(31)21(34-25(28)27-18-9-7-15(3)8-10-18)13-17-11-19(26)23(33-14-22(29)30)20(12-17)32-6-2/h7-13,16H,5-6,14H2,1-4H3,(H,29,30)/b21-13+,27-25?/t16-/m0/s1. The van der Waals surface area contributed by atoms with Gasteiger partial charge >= 0.3 is 5.97 Å². The van der Waals surface area contributed by atoms with Crippen LogP contribution in [0.1, 0.15) is 38.3 Å². The summed E-state index contributed by atoms with van der Waals surface area (Å²) in [4.78, 5) is 31.3. The van der Waals surface area contributed by atoms with Gasteiger partial charge < -0.3 is 14.6 Å². The lowest BCUT2D eigenvalue weighted by molar-refractivity contribution is -0.139. The molecule has 1 amide bonds. The second kappa shape index (κ2) is 11.6. The van der Waals surface area contributed by atoms with Gasteiger partial charge in [-0.05, 0) is 90.8 Å². The molecule has 0 unspecified atom stereocenters. The number of amides is 1. The average Bonchev–Trinajstić information content (AvgIpc) is 3.08. The molecular weight excluding hydrogens is 520 g/mol. The van der Waals surface area contributed by atoms with Gasteiger partial charge in [-0.25, -0.2) is 9.79 Å². The number of carboxylic acid groups (broad SMARTS) is 1. The van der Waals surface area contributed by atoms with Crippen molar-refractivity contribution in [1.29, 1.82) is 0 Å². The van der Waals surface area contributed by atoms with Gasteiger partial charge in [0.15, 0.2) is 23.3 Å². The first-order valence-electron chi connectivity index (χ1n) is 10.9. The largest absolute Gasteiger partial charge is 0.490 e. The Morgan fingerprint density at radius 2 is 1.94 bits per heavy atom. The van der Waals surface area contributed by atoms with E-state index in [0.717, 1.165) is 23.2 Å². The fraction of sp³-hybridized carbons (Fsp3) is 0.320. The topological polar surface area (TPSA) is 88.4 Å². The number of carboxylic acids is 1. The van der Waals surface area contributed by atoms with Gasteiger partial charge in [-0.1, -0.05) is 24.6 Å². The Balaban J connectivity index is 1.98. The quantitative estimate of drug-likeness (QED) is 0.386. The maximum atomic E-state index is 13.3. The van der Waals surface area contributed by atoms with Crippen molar-refractivity contribution >= 4 is 56.5 Å². The predicted molar refractivity (Wildman–Crippen MR) is 139 cm³/mol. The highest BCUT2D eigenvalue weighted by atomic mass is 79.9. The lowest BCUT2D eigenvalue weighted by atomic mass is 10.1. The van der Waals surface area contributed by atoms with Gasteiger partial charge in [-0.2, -0.15) is 0 Å². The van der Waals surface area contributed by atoms with Crippen molar-refractivity contribution in [1.82, 2.24) is 4.90 Å². The predicted octanol–water partition coefficient (Wildman–Crippen LogP) is 6.02. The van der Waals surface area contributed by atoms with Crippen LogP contribution in [0.3, 0.4) is 0 Å². The molecule has 1 aliphatic heterocycles. The summed E-state index contributed by atoms with van der Waals surface area (Å²) in [7, 11) is 0. The molecule has 34 heavy (non-hydrogen) atoms. The lowest BCUT2D eigenvalue weighted by Gasteiger charge is -2.22. The maximum Gasteiger partial charge on any atom is 0.341 e. The second-order valence-electron chi connectivity index (χ2n) is 7.72. The summed E-state index contributed by atoms with van der Waals surface area (Å²) >= 11 is 4.77. The summed E-state index contributed by atoms with van der Waals surface area (Å²) in [6.45, 7) is 7.77. The van der Waals surface area contributed by atoms with Crippen LogP contribution in [-0.2, 0) is 9.59 Å². The number of hydrogen-bond acceptors (Lipinski definition) is 6. The maximum absolute atomic E-state index is 13.3. The van der Waals surface area contributed by atoms with E-state index in [9.17, 15) is 9.59 Å². The first-order valence-corrected chi connectivity index (χ1v) is 12.5. The van der Waals surface area contributed by atoms with E-state index >= 15 is 0 Å². The number of hydrogen-bond donors (Lipinski definition) is 1. The van der Waals surface area contributed by atoms with Gasteiger partial charge in [0.2, 0.25) is 0 Å². The van der Waals surface area contributed by atoms with Crippen molar-refractivity contribution in [2.24, 2.45) is 4.99 Å². The van der Waals surface area contributed by atoms with Crippen LogP contribution in [-0.4, -0.2) is 46.3 Å². The molecule has 3 rings (SSSR count). The van der Waals surface area contributed by atoms with Crippen molar-refractivity contribution in [3.63, 3.8) is 0 Å². The number of aliphatic carboxylic acids is 1. The molecule has 0 radical (unpaired) electrons. The molecule has 9 heteroatoms. The minimum Gasteiger partial charge on any atom is -0.490 e. The summed E-state index contributed by atoms with van der Waals surface area (Å²) in [6.07, 6.45) is 2.58. The number of aryl methyl sites for hydroxylation is 1. The van der Waals surface area contributed by atoms with E-state index in [1.165, 1.54) is 11.8 Å². The van der Waals surface area contributed by atoms with E-state index in [1.54, 1.807) is 23.1 Å². The van der Waals surface area contributed by atoms with Crippen molar-refractivity contribution in [2.75, 3.05) is 13.2 Å². The van der Waals surface area contributed by atoms with Crippen LogP contribution in [0.5, 0.6) is 11.5 Å². The SMILES string of the molecule is CCOc1cc(/C=C2/SC(=Nc3ccc(C)cc3)N([C@@H](C)CC)C2=O)cc(Br)c1OCC(=O)O. The molecule has 2 aromatic carbocycles. The van der Waals surface area contributed by atoms with E-state index in [0.29, 0.717) is 32.7 Å². The summed E-state index contributed by atoms with van der Waals surface area (Å²) in [5.74, 6) is -0.489. The second-order valence-corrected chi connectivity index (χ2v) is 9.58. The summed E-state index contributed by atoms with van der Waals surface area (Å²) in [6, 6.07) is 11.3. The van der Waals surface area contributed by atoms with Crippen LogP contribution in [0, 0.1) is 6.92 Å². The minimum atomic E-state index is -1.08. The monoisotopic (exact) mass is 546 g/mol. The first-order chi connectivity index (χ1) is 16.2. The number of carbonyl (C=O) groups excluding carboxylic acids is 1. The molecule has 1 saturated heterocycles. The Morgan fingerprint density at radius 1 is 1.24 bits per heavy atom. The van der Waals surface area contributed by atoms with Crippen LogP contribution in [0.4, 0.5) is 5.69 Å². The molecule has 0 saturated carbocycles. The van der Waals surface area contributed by atoms with Crippen molar-refractivity contribution in [3.05, 3.63) is 56.9 Å². The van der Waals surface area contributed by atoms with E-state index in [4.69, 9.17) is 19.6 Å². The zero-order valence-electron chi connectivity index (χ0n) is 19.5. The number of ether oxygens (including phenoxy) is 2. The third-order valence-electron chi connectivity index (χ3n) is 5.10. The van der Waals surface area contributed by atoms with E-state index in [2.05, 4.69) is 15.9 Å². The third-order valence-corrected chi connectivity index (χ3v) is 6.67. The lowest BCUT2D eigenvalue weighted by Crippen LogP contribution is -2.36. The third kappa shape index (κ3) is 6.21. The van der Waals surface area contributed by atoms with Crippen LogP contribution >= 0.6 is 27.7 Å². The summed E-state index contributed by atoms with van der Waals surface area (Å²) in [5.41, 5.74) is 2.65. The molecule has 1 atom stereocenters. The zero-order valence-corrected chi connectivity index (χ0v) is 21.9. The van der Waals surface area contributed by atoms with E-state index < -0.39 is 12.6 Å². The molecule has 1 N–H and O–H groups in total. The molecule has 0 spiro atoms. The molecule has 0 aliphatic carbocycles. The highest BCUT2D eigenvalue weighted by Crippen LogP contribution is 2.40. The van der Waals surface area contributed by atoms with Crippen molar-refractivity contribution < 1.29 is 24.2 Å². The van der Waals surface area contributed by atoms with Crippen LogP contribution in [0.15, 0.2) is 50.8 Å². The van der Waals surface area contributed by atoms with Crippen LogP contribution in [0.25, 0.3) is 6.08 Å². The number of amidine groups is 1. The normalized spacial score (nSPS) is 16.9. The molecule has 2 aromatic rings. The number of rotatable bonds is 9. The van der Waals surface area contributed by atoms with Gasteiger partial charge in [0.25, 0.3) is 5.91 Å². The highest BCUT2D eigenvalue weighted by Gasteiger charge is 2.36. The number of nitrogens with zero attached hydrogens (tertiary/aromatic N) is 2.